The van der Waals surface area contributed by atoms with Gasteiger partial charge in [0.25, 0.3) is 0 Å². The Labute approximate surface area is 254 Å². The quantitative estimate of drug-likeness (QED) is 0.0599. The number of nitrogens with one attached hydrogen (secondary N) is 2. The van der Waals surface area contributed by atoms with Crippen molar-refractivity contribution in [2.75, 3.05) is 0 Å². The Hall–Kier alpha value is -3.83. The van der Waals surface area contributed by atoms with Crippen LogP contribution in [0.15, 0.2) is 48.5 Å². The smallest absolute Gasteiger partial charge is 0.200 e. The first-order valence-electron chi connectivity index (χ1n) is 12.3. The van der Waals surface area contributed by atoms with Crippen LogP contribution in [0.2, 0.25) is 0 Å². The topological polar surface area (TPSA) is 72.0 Å². The number of aliphatic hydroxyl groups excluding tert-OH is 2. The molecule has 0 aliphatic heterocycles. The average molecular weight is 740 g/mol. The second kappa shape index (κ2) is 11.9. The van der Waals surface area contributed by atoms with Crippen LogP contribution in [0.3, 0.4) is 0 Å². The second-order valence-corrected chi connectivity index (χ2v) is 10.7. The Balaban J connectivity index is 1.65. The number of rotatable bonds is 7. The van der Waals surface area contributed by atoms with Crippen molar-refractivity contribution in [1.29, 1.82) is 0 Å². The molecule has 2 aromatic heterocycles. The fourth-order valence-corrected chi connectivity index (χ4v) is 5.07. The summed E-state index contributed by atoms with van der Waals surface area (Å²) in [7, 11) is 0. The van der Waals surface area contributed by atoms with E-state index < -0.39 is 98.8 Å². The first kappa shape index (κ1) is 31.6. The standard InChI is InChI=1S/C29H15F10IN2O2/c30-18-16(19(31)23(35)26(38)22(18)34)15(11-5-7-13(41-11)28(43)9-1-3-10(40)4-2-9)12-6-8-14(42-12)29(44)17-20(32)24(36)27(39)25(37)21(17)33/h1-8,15,28-29,41-44H. The lowest BCUT2D eigenvalue weighted by Gasteiger charge is -2.19. The molecule has 3 unspecified atom stereocenters. The van der Waals surface area contributed by atoms with Crippen molar-refractivity contribution >= 4 is 22.6 Å². The average Bonchev–Trinajstić information content (AvgIpc) is 3.70. The molecule has 0 saturated heterocycles. The van der Waals surface area contributed by atoms with Gasteiger partial charge >= 0.3 is 0 Å². The highest BCUT2D eigenvalue weighted by molar-refractivity contribution is 14.1. The van der Waals surface area contributed by atoms with Gasteiger partial charge in [0.05, 0.1) is 11.5 Å². The molecule has 0 fully saturated rings. The number of aromatic nitrogens is 2. The molecule has 230 valence electrons. The van der Waals surface area contributed by atoms with E-state index in [9.17, 15) is 45.3 Å². The lowest BCUT2D eigenvalue weighted by molar-refractivity contribution is 0.198. The zero-order valence-corrected chi connectivity index (χ0v) is 23.6. The van der Waals surface area contributed by atoms with E-state index in [1.807, 2.05) is 22.6 Å². The van der Waals surface area contributed by atoms with E-state index >= 15 is 8.78 Å². The molecule has 0 saturated carbocycles. The highest BCUT2D eigenvalue weighted by Crippen LogP contribution is 2.39. The van der Waals surface area contributed by atoms with E-state index in [-0.39, 0.29) is 11.4 Å². The van der Waals surface area contributed by atoms with E-state index in [0.29, 0.717) is 5.56 Å². The van der Waals surface area contributed by atoms with Gasteiger partial charge in [-0.1, -0.05) is 12.1 Å². The molecule has 3 atom stereocenters. The third kappa shape index (κ3) is 5.26. The van der Waals surface area contributed by atoms with E-state index in [1.54, 1.807) is 24.3 Å². The molecule has 0 aliphatic carbocycles. The molecule has 0 spiro atoms. The monoisotopic (exact) mass is 740 g/mol. The lowest BCUT2D eigenvalue weighted by atomic mass is 9.91. The third-order valence-electron chi connectivity index (χ3n) is 6.91. The molecule has 5 aromatic rings. The van der Waals surface area contributed by atoms with Gasteiger partial charge in [0.1, 0.15) is 12.2 Å². The maximum absolute atomic E-state index is 15.1. The Morgan fingerprint density at radius 1 is 0.432 bits per heavy atom. The molecule has 0 radical (unpaired) electrons. The van der Waals surface area contributed by atoms with E-state index in [1.165, 1.54) is 6.07 Å². The maximum Gasteiger partial charge on any atom is 0.200 e. The minimum Gasteiger partial charge on any atom is -0.382 e. The van der Waals surface area contributed by atoms with Crippen LogP contribution in [0.5, 0.6) is 0 Å². The number of benzene rings is 3. The Morgan fingerprint density at radius 3 is 1.20 bits per heavy atom. The molecule has 15 heteroatoms. The third-order valence-corrected chi connectivity index (χ3v) is 7.63. The summed E-state index contributed by atoms with van der Waals surface area (Å²) in [6, 6.07) is 10.7. The van der Waals surface area contributed by atoms with Crippen molar-refractivity contribution in [2.24, 2.45) is 0 Å². The van der Waals surface area contributed by atoms with Gasteiger partial charge in [-0.15, -0.1) is 0 Å². The maximum atomic E-state index is 15.1. The summed E-state index contributed by atoms with van der Waals surface area (Å²) < 4.78 is 143. The van der Waals surface area contributed by atoms with E-state index in [4.69, 9.17) is 0 Å². The van der Waals surface area contributed by atoms with Crippen molar-refractivity contribution in [3.8, 4) is 0 Å². The second-order valence-electron chi connectivity index (χ2n) is 9.49. The van der Waals surface area contributed by atoms with Gasteiger partial charge in [0, 0.05) is 31.9 Å². The summed E-state index contributed by atoms with van der Waals surface area (Å²) in [6.07, 6.45) is -3.90. The molecule has 0 bridgehead atoms. The van der Waals surface area contributed by atoms with Gasteiger partial charge in [0.2, 0.25) is 11.6 Å². The highest BCUT2D eigenvalue weighted by Gasteiger charge is 2.35. The summed E-state index contributed by atoms with van der Waals surface area (Å²) >= 11 is 2.03. The first-order chi connectivity index (χ1) is 20.7. The van der Waals surface area contributed by atoms with Crippen LogP contribution in [0.1, 0.15) is 57.6 Å². The van der Waals surface area contributed by atoms with Crippen LogP contribution < -0.4 is 0 Å². The summed E-state index contributed by atoms with van der Waals surface area (Å²) in [4.78, 5) is 5.00. The molecular formula is C29H15F10IN2O2. The number of hydrogen-bond acceptors (Lipinski definition) is 2. The van der Waals surface area contributed by atoms with Gasteiger partial charge in [-0.2, -0.15) is 0 Å². The predicted molar refractivity (Wildman–Crippen MR) is 142 cm³/mol. The summed E-state index contributed by atoms with van der Waals surface area (Å²) in [5.74, 6) is -25.3. The molecule has 4 nitrogen and oxygen atoms in total. The number of halogens is 11. The Bertz CT molecular complexity index is 1830. The zero-order valence-electron chi connectivity index (χ0n) is 21.4. The molecule has 0 amide bonds. The lowest BCUT2D eigenvalue weighted by Crippen LogP contribution is -2.15. The molecular weight excluding hydrogens is 725 g/mol. The number of aliphatic hydroxyl groups is 2. The van der Waals surface area contributed by atoms with Crippen molar-refractivity contribution in [3.05, 3.63) is 150 Å². The van der Waals surface area contributed by atoms with Crippen LogP contribution in [-0.2, 0) is 0 Å². The van der Waals surface area contributed by atoms with Crippen LogP contribution in [0.25, 0.3) is 0 Å². The van der Waals surface area contributed by atoms with Crippen molar-refractivity contribution in [3.63, 3.8) is 0 Å². The van der Waals surface area contributed by atoms with E-state index in [0.717, 1.165) is 21.8 Å². The number of H-pyrrole nitrogens is 2. The number of hydrogen-bond donors (Lipinski definition) is 4. The van der Waals surface area contributed by atoms with Crippen molar-refractivity contribution in [1.82, 2.24) is 9.97 Å². The molecule has 44 heavy (non-hydrogen) atoms. The Kier molecular flexibility index (Phi) is 8.56. The van der Waals surface area contributed by atoms with Gasteiger partial charge in [-0.25, -0.2) is 43.9 Å². The van der Waals surface area contributed by atoms with E-state index in [2.05, 4.69) is 9.97 Å². The highest BCUT2D eigenvalue weighted by atomic mass is 127. The van der Waals surface area contributed by atoms with Gasteiger partial charge in [0.15, 0.2) is 46.5 Å². The largest absolute Gasteiger partial charge is 0.382 e. The molecule has 3 aromatic carbocycles. The van der Waals surface area contributed by atoms with Crippen LogP contribution >= 0.6 is 22.6 Å². The first-order valence-corrected chi connectivity index (χ1v) is 13.3. The molecule has 4 N–H and O–H groups in total. The van der Waals surface area contributed by atoms with Gasteiger partial charge < -0.3 is 20.2 Å². The van der Waals surface area contributed by atoms with Crippen LogP contribution in [-0.4, -0.2) is 20.2 Å². The van der Waals surface area contributed by atoms with Crippen LogP contribution in [0.4, 0.5) is 43.9 Å². The minimum atomic E-state index is -2.56. The van der Waals surface area contributed by atoms with Crippen LogP contribution in [0, 0.1) is 61.7 Å². The number of aromatic amines is 2. The summed E-state index contributed by atoms with van der Waals surface area (Å²) in [5, 5.41) is 21.4. The fourth-order valence-electron chi connectivity index (χ4n) is 4.71. The normalized spacial score (nSPS) is 13.8. The molecule has 5 rings (SSSR count). The Morgan fingerprint density at radius 2 is 0.773 bits per heavy atom. The molecule has 2 heterocycles. The zero-order chi connectivity index (χ0) is 32.2. The summed E-state index contributed by atoms with van der Waals surface area (Å²) in [5.41, 5.74) is -4.01. The fraction of sp³-hybridized carbons (Fsp3) is 0.103. The predicted octanol–water partition coefficient (Wildman–Crippen LogP) is 7.68. The van der Waals surface area contributed by atoms with Gasteiger partial charge in [-0.3, -0.25) is 0 Å². The summed E-state index contributed by atoms with van der Waals surface area (Å²) in [6.45, 7) is 0. The molecule has 0 aliphatic rings. The van der Waals surface area contributed by atoms with Gasteiger partial charge in [-0.05, 0) is 64.6 Å². The SMILES string of the molecule is OC(c1ccc(I)cc1)c1ccc(C(c2ccc(C(O)c3c(F)c(F)c(F)c(F)c3F)[nH]2)c2c(F)c(F)c(F)c(F)c2F)[nH]1. The van der Waals surface area contributed by atoms with Crippen molar-refractivity contribution < 1.29 is 54.1 Å². The minimum absolute atomic E-state index is 0.0308. The van der Waals surface area contributed by atoms with Crippen molar-refractivity contribution in [2.45, 2.75) is 18.1 Å².